The van der Waals surface area contributed by atoms with Gasteiger partial charge in [-0.1, -0.05) is 0 Å². The fourth-order valence-electron chi connectivity index (χ4n) is 3.63. The molecule has 144 valence electrons. The average molecular weight is 382 g/mol. The van der Waals surface area contributed by atoms with Crippen LogP contribution in [0.25, 0.3) is 10.9 Å². The normalized spacial score (nSPS) is 17.1. The Morgan fingerprint density at radius 3 is 2.86 bits per heavy atom. The van der Waals surface area contributed by atoms with Crippen LogP contribution in [0.5, 0.6) is 0 Å². The number of hydrogen-bond donors (Lipinski definition) is 1. The second kappa shape index (κ2) is 7.03. The van der Waals surface area contributed by atoms with E-state index in [0.717, 1.165) is 12.8 Å². The number of carboxylic acids is 1. The number of carbonyl (C=O) groups is 2. The molecule has 7 nitrogen and oxygen atoms in total. The molecule has 0 spiro atoms. The van der Waals surface area contributed by atoms with E-state index in [1.807, 2.05) is 0 Å². The molecule has 1 fully saturated rings. The van der Waals surface area contributed by atoms with Crippen molar-refractivity contribution in [3.05, 3.63) is 59.3 Å². The van der Waals surface area contributed by atoms with E-state index >= 15 is 0 Å². The van der Waals surface area contributed by atoms with E-state index in [0.29, 0.717) is 35.2 Å². The van der Waals surface area contributed by atoms with Gasteiger partial charge in [-0.05, 0) is 38.0 Å². The highest BCUT2D eigenvalue weighted by Gasteiger charge is 2.27. The third-order valence-electron chi connectivity index (χ3n) is 5.11. The van der Waals surface area contributed by atoms with Crippen LogP contribution < -0.4 is 0 Å². The molecule has 1 aromatic carbocycles. The Morgan fingerprint density at radius 2 is 2.11 bits per heavy atom. The molecule has 3 heterocycles. The minimum atomic E-state index is -1.02. The number of likely N-dealkylation sites (tertiary alicyclic amines) is 1. The van der Waals surface area contributed by atoms with Crippen molar-refractivity contribution in [1.29, 1.82) is 0 Å². The molecule has 0 aliphatic carbocycles. The van der Waals surface area contributed by atoms with Crippen LogP contribution in [0.1, 0.15) is 45.3 Å². The predicted molar refractivity (Wildman–Crippen MR) is 99.8 cm³/mol. The van der Waals surface area contributed by atoms with Gasteiger partial charge >= 0.3 is 5.97 Å². The molecule has 1 saturated heterocycles. The van der Waals surface area contributed by atoms with Crippen LogP contribution in [0.2, 0.25) is 0 Å². The highest BCUT2D eigenvalue weighted by atomic mass is 19.1. The SMILES string of the molecule is Cc1nc2cc(F)ccc2cc1C(=O)N1CCCC(n2cc(C(=O)O)cn2)C1. The van der Waals surface area contributed by atoms with Crippen LogP contribution in [0.3, 0.4) is 0 Å². The molecular weight excluding hydrogens is 363 g/mol. The second-order valence-electron chi connectivity index (χ2n) is 7.02. The van der Waals surface area contributed by atoms with Gasteiger partial charge in [0.05, 0.1) is 34.6 Å². The summed E-state index contributed by atoms with van der Waals surface area (Å²) in [5, 5.41) is 13.9. The van der Waals surface area contributed by atoms with Crippen molar-refractivity contribution in [2.75, 3.05) is 13.1 Å². The minimum absolute atomic E-state index is 0.0754. The quantitative estimate of drug-likeness (QED) is 0.752. The summed E-state index contributed by atoms with van der Waals surface area (Å²) in [4.78, 5) is 30.3. The number of halogens is 1. The van der Waals surface area contributed by atoms with Crippen molar-refractivity contribution in [2.24, 2.45) is 0 Å². The van der Waals surface area contributed by atoms with Crippen LogP contribution in [0.15, 0.2) is 36.7 Å². The van der Waals surface area contributed by atoms with Crippen LogP contribution in [-0.4, -0.2) is 49.7 Å². The molecule has 28 heavy (non-hydrogen) atoms. The smallest absolute Gasteiger partial charge is 0.338 e. The number of aryl methyl sites for hydroxylation is 1. The van der Waals surface area contributed by atoms with E-state index in [1.54, 1.807) is 28.6 Å². The molecule has 1 N–H and O–H groups in total. The zero-order valence-electron chi connectivity index (χ0n) is 15.3. The Bertz CT molecular complexity index is 1080. The number of carboxylic acid groups (broad SMARTS) is 1. The maximum Gasteiger partial charge on any atom is 0.338 e. The van der Waals surface area contributed by atoms with Crippen molar-refractivity contribution in [3.8, 4) is 0 Å². The summed E-state index contributed by atoms with van der Waals surface area (Å²) in [7, 11) is 0. The average Bonchev–Trinajstić information content (AvgIpc) is 3.17. The van der Waals surface area contributed by atoms with E-state index in [1.165, 1.54) is 24.5 Å². The van der Waals surface area contributed by atoms with Crippen molar-refractivity contribution in [1.82, 2.24) is 19.7 Å². The lowest BCUT2D eigenvalue weighted by atomic mass is 10.0. The molecule has 1 atom stereocenters. The van der Waals surface area contributed by atoms with Crippen molar-refractivity contribution < 1.29 is 19.1 Å². The third kappa shape index (κ3) is 3.33. The first-order valence-corrected chi connectivity index (χ1v) is 9.06. The predicted octanol–water partition coefficient (Wildman–Crippen LogP) is 3.05. The minimum Gasteiger partial charge on any atom is -0.478 e. The zero-order chi connectivity index (χ0) is 19.8. The number of rotatable bonds is 3. The number of hydrogen-bond acceptors (Lipinski definition) is 4. The summed E-state index contributed by atoms with van der Waals surface area (Å²) in [6.45, 7) is 2.80. The van der Waals surface area contributed by atoms with E-state index in [9.17, 15) is 14.0 Å². The number of aromatic nitrogens is 3. The van der Waals surface area contributed by atoms with Gasteiger partial charge in [0.1, 0.15) is 5.82 Å². The van der Waals surface area contributed by atoms with Gasteiger partial charge in [0.2, 0.25) is 0 Å². The van der Waals surface area contributed by atoms with Gasteiger partial charge in [-0.3, -0.25) is 14.5 Å². The lowest BCUT2D eigenvalue weighted by molar-refractivity contribution is 0.0665. The number of nitrogens with zero attached hydrogens (tertiary/aromatic N) is 4. The summed E-state index contributed by atoms with van der Waals surface area (Å²) < 4.78 is 15.0. The van der Waals surface area contributed by atoms with Gasteiger partial charge in [0.25, 0.3) is 5.91 Å². The fraction of sp³-hybridized carbons (Fsp3) is 0.300. The van der Waals surface area contributed by atoms with E-state index in [4.69, 9.17) is 5.11 Å². The molecule has 3 aromatic rings. The number of amides is 1. The van der Waals surface area contributed by atoms with Crippen molar-refractivity contribution >= 4 is 22.8 Å². The molecule has 1 unspecified atom stereocenters. The van der Waals surface area contributed by atoms with Crippen LogP contribution in [0, 0.1) is 12.7 Å². The molecule has 1 amide bonds. The number of benzene rings is 1. The fourth-order valence-corrected chi connectivity index (χ4v) is 3.63. The number of piperidine rings is 1. The van der Waals surface area contributed by atoms with Crippen LogP contribution >= 0.6 is 0 Å². The highest BCUT2D eigenvalue weighted by Crippen LogP contribution is 2.25. The Kier molecular flexibility index (Phi) is 4.54. The van der Waals surface area contributed by atoms with Crippen molar-refractivity contribution in [2.45, 2.75) is 25.8 Å². The Labute approximate surface area is 160 Å². The second-order valence-corrected chi connectivity index (χ2v) is 7.02. The van der Waals surface area contributed by atoms with E-state index < -0.39 is 5.97 Å². The summed E-state index contributed by atoms with van der Waals surface area (Å²) in [6, 6.07) is 5.99. The molecule has 4 rings (SSSR count). The number of aromatic carboxylic acids is 1. The van der Waals surface area contributed by atoms with Crippen LogP contribution in [0.4, 0.5) is 4.39 Å². The summed E-state index contributed by atoms with van der Waals surface area (Å²) >= 11 is 0. The monoisotopic (exact) mass is 382 g/mol. The molecule has 0 saturated carbocycles. The Morgan fingerprint density at radius 1 is 1.29 bits per heavy atom. The van der Waals surface area contributed by atoms with E-state index in [2.05, 4.69) is 10.1 Å². The summed E-state index contributed by atoms with van der Waals surface area (Å²) in [5.41, 5.74) is 1.69. The molecule has 1 aliphatic rings. The molecule has 0 bridgehead atoms. The standard InChI is InChI=1S/C20H19FN4O3/c1-12-17(7-13-4-5-15(21)8-18(13)23-12)19(26)24-6-2-3-16(11-24)25-10-14(9-22-25)20(27)28/h4-5,7-10,16H,2-3,6,11H2,1H3,(H,27,28). The Balaban J connectivity index is 1.58. The first kappa shape index (κ1) is 18.1. The Hall–Kier alpha value is -3.29. The highest BCUT2D eigenvalue weighted by molar-refractivity contribution is 5.98. The van der Waals surface area contributed by atoms with Crippen molar-refractivity contribution in [3.63, 3.8) is 0 Å². The van der Waals surface area contributed by atoms with Crippen LogP contribution in [-0.2, 0) is 0 Å². The zero-order valence-corrected chi connectivity index (χ0v) is 15.3. The van der Waals surface area contributed by atoms with Gasteiger partial charge in [0.15, 0.2) is 0 Å². The lowest BCUT2D eigenvalue weighted by Gasteiger charge is -2.33. The molecular formula is C20H19FN4O3. The molecule has 2 aromatic heterocycles. The lowest BCUT2D eigenvalue weighted by Crippen LogP contribution is -2.41. The maximum absolute atomic E-state index is 13.4. The first-order chi connectivity index (χ1) is 13.4. The van der Waals surface area contributed by atoms with Gasteiger partial charge in [0, 0.05) is 30.7 Å². The summed E-state index contributed by atoms with van der Waals surface area (Å²) in [5.74, 6) is -1.52. The molecule has 1 aliphatic heterocycles. The topological polar surface area (TPSA) is 88.3 Å². The molecule has 8 heteroatoms. The first-order valence-electron chi connectivity index (χ1n) is 9.06. The third-order valence-corrected chi connectivity index (χ3v) is 5.11. The van der Waals surface area contributed by atoms with Gasteiger partial charge < -0.3 is 10.0 Å². The van der Waals surface area contributed by atoms with Gasteiger partial charge in [-0.15, -0.1) is 0 Å². The summed E-state index contributed by atoms with van der Waals surface area (Å²) in [6.07, 6.45) is 4.43. The largest absolute Gasteiger partial charge is 0.478 e. The number of pyridine rings is 1. The van der Waals surface area contributed by atoms with Gasteiger partial charge in [-0.25, -0.2) is 9.18 Å². The van der Waals surface area contributed by atoms with Gasteiger partial charge in [-0.2, -0.15) is 5.10 Å². The molecule has 0 radical (unpaired) electrons. The maximum atomic E-state index is 13.4. The number of fused-ring (bicyclic) bond motifs is 1. The number of carbonyl (C=O) groups excluding carboxylic acids is 1. The van der Waals surface area contributed by atoms with E-state index in [-0.39, 0.29) is 23.3 Å².